The molecule has 0 atom stereocenters. The van der Waals surface area contributed by atoms with Crippen LogP contribution >= 0.6 is 15.9 Å². The summed E-state index contributed by atoms with van der Waals surface area (Å²) in [5.41, 5.74) is 0. The molecular formula is C13H23BrN4. The lowest BCUT2D eigenvalue weighted by molar-refractivity contribution is 0.316. The zero-order chi connectivity index (χ0) is 13.5. The van der Waals surface area contributed by atoms with E-state index in [-0.39, 0.29) is 0 Å². The van der Waals surface area contributed by atoms with Gasteiger partial charge in [-0.15, -0.1) is 0 Å². The maximum Gasteiger partial charge on any atom is 0.134 e. The van der Waals surface area contributed by atoms with E-state index in [1.807, 2.05) is 6.07 Å². The molecule has 0 aromatic carbocycles. The third kappa shape index (κ3) is 4.90. The Bertz CT molecular complexity index is 364. The van der Waals surface area contributed by atoms with Crippen LogP contribution in [-0.2, 0) is 0 Å². The van der Waals surface area contributed by atoms with E-state index in [2.05, 4.69) is 63.8 Å². The van der Waals surface area contributed by atoms with Gasteiger partial charge in [0.1, 0.15) is 16.2 Å². The van der Waals surface area contributed by atoms with Gasteiger partial charge in [0, 0.05) is 25.1 Å². The molecule has 0 radical (unpaired) electrons. The Labute approximate surface area is 118 Å². The average Bonchev–Trinajstić information content (AvgIpc) is 2.34. The molecule has 0 amide bonds. The lowest BCUT2D eigenvalue weighted by Gasteiger charge is -2.18. The molecule has 1 aromatic heterocycles. The maximum atomic E-state index is 4.51. The van der Waals surface area contributed by atoms with Gasteiger partial charge in [0.25, 0.3) is 0 Å². The van der Waals surface area contributed by atoms with E-state index in [1.165, 1.54) is 0 Å². The quantitative estimate of drug-likeness (QED) is 0.785. The SMILES string of the molecule is CCN(CC)CCNc1cc(Br)nc(C(C)C)n1. The highest BCUT2D eigenvalue weighted by atomic mass is 79.9. The summed E-state index contributed by atoms with van der Waals surface area (Å²) >= 11 is 3.43. The summed E-state index contributed by atoms with van der Waals surface area (Å²) in [6.07, 6.45) is 0. The van der Waals surface area contributed by atoms with E-state index in [0.29, 0.717) is 5.92 Å². The van der Waals surface area contributed by atoms with Crippen molar-refractivity contribution in [1.82, 2.24) is 14.9 Å². The van der Waals surface area contributed by atoms with Crippen LogP contribution in [0.1, 0.15) is 39.4 Å². The molecule has 102 valence electrons. The molecule has 0 unspecified atom stereocenters. The Morgan fingerprint density at radius 1 is 1.28 bits per heavy atom. The number of aromatic nitrogens is 2. The Morgan fingerprint density at radius 3 is 2.50 bits per heavy atom. The molecule has 0 aliphatic heterocycles. The summed E-state index contributed by atoms with van der Waals surface area (Å²) in [6.45, 7) is 12.7. The highest BCUT2D eigenvalue weighted by molar-refractivity contribution is 9.10. The van der Waals surface area contributed by atoms with Crippen LogP contribution in [-0.4, -0.2) is 41.0 Å². The number of nitrogens with one attached hydrogen (secondary N) is 1. The molecule has 0 spiro atoms. The first-order valence-electron chi connectivity index (χ1n) is 6.57. The van der Waals surface area contributed by atoms with Gasteiger partial charge in [-0.05, 0) is 29.0 Å². The minimum absolute atomic E-state index is 0.339. The van der Waals surface area contributed by atoms with E-state index in [9.17, 15) is 0 Å². The number of nitrogens with zero attached hydrogens (tertiary/aromatic N) is 3. The summed E-state index contributed by atoms with van der Waals surface area (Å²) in [5, 5.41) is 3.36. The van der Waals surface area contributed by atoms with E-state index in [0.717, 1.165) is 42.4 Å². The second-order valence-electron chi connectivity index (χ2n) is 4.54. The molecule has 1 N–H and O–H groups in total. The van der Waals surface area contributed by atoms with Gasteiger partial charge in [-0.1, -0.05) is 27.7 Å². The predicted octanol–water partition coefficient (Wildman–Crippen LogP) is 3.12. The summed E-state index contributed by atoms with van der Waals surface area (Å²) < 4.78 is 0.839. The molecule has 0 aliphatic carbocycles. The first kappa shape index (κ1) is 15.4. The van der Waals surface area contributed by atoms with Gasteiger partial charge in [0.05, 0.1) is 0 Å². The molecule has 0 saturated heterocycles. The van der Waals surface area contributed by atoms with Crippen molar-refractivity contribution in [1.29, 1.82) is 0 Å². The Kier molecular flexibility index (Phi) is 6.57. The van der Waals surface area contributed by atoms with Crippen LogP contribution in [0.25, 0.3) is 0 Å². The van der Waals surface area contributed by atoms with Crippen molar-refractivity contribution in [2.75, 3.05) is 31.5 Å². The van der Waals surface area contributed by atoms with E-state index < -0.39 is 0 Å². The van der Waals surface area contributed by atoms with Gasteiger partial charge >= 0.3 is 0 Å². The molecule has 0 bridgehead atoms. The van der Waals surface area contributed by atoms with Crippen molar-refractivity contribution in [3.8, 4) is 0 Å². The smallest absolute Gasteiger partial charge is 0.134 e. The zero-order valence-electron chi connectivity index (χ0n) is 11.7. The third-order valence-corrected chi connectivity index (χ3v) is 3.26. The van der Waals surface area contributed by atoms with Gasteiger partial charge in [-0.2, -0.15) is 0 Å². The van der Waals surface area contributed by atoms with Gasteiger partial charge in [0.15, 0.2) is 0 Å². The normalized spacial score (nSPS) is 11.3. The van der Waals surface area contributed by atoms with Gasteiger partial charge in [-0.3, -0.25) is 0 Å². The van der Waals surface area contributed by atoms with Gasteiger partial charge in [0.2, 0.25) is 0 Å². The molecule has 4 nitrogen and oxygen atoms in total. The van der Waals surface area contributed by atoms with Crippen LogP contribution in [0.2, 0.25) is 0 Å². The number of hydrogen-bond acceptors (Lipinski definition) is 4. The molecule has 1 rings (SSSR count). The zero-order valence-corrected chi connectivity index (χ0v) is 13.3. The number of rotatable bonds is 7. The monoisotopic (exact) mass is 314 g/mol. The van der Waals surface area contributed by atoms with E-state index in [1.54, 1.807) is 0 Å². The minimum Gasteiger partial charge on any atom is -0.369 e. The largest absolute Gasteiger partial charge is 0.369 e. The fourth-order valence-corrected chi connectivity index (χ4v) is 2.06. The van der Waals surface area contributed by atoms with Crippen molar-refractivity contribution < 1.29 is 0 Å². The van der Waals surface area contributed by atoms with E-state index >= 15 is 0 Å². The predicted molar refractivity (Wildman–Crippen MR) is 80.1 cm³/mol. The molecule has 1 aromatic rings. The number of anilines is 1. The average molecular weight is 315 g/mol. The van der Waals surface area contributed by atoms with Gasteiger partial charge in [-0.25, -0.2) is 9.97 Å². The summed E-state index contributed by atoms with van der Waals surface area (Å²) in [4.78, 5) is 11.3. The molecule has 0 aliphatic rings. The highest BCUT2D eigenvalue weighted by Gasteiger charge is 2.06. The topological polar surface area (TPSA) is 41.0 Å². The van der Waals surface area contributed by atoms with Crippen LogP contribution in [0.3, 0.4) is 0 Å². The fraction of sp³-hybridized carbons (Fsp3) is 0.692. The molecule has 0 fully saturated rings. The van der Waals surface area contributed by atoms with Gasteiger partial charge < -0.3 is 10.2 Å². The van der Waals surface area contributed by atoms with Crippen LogP contribution in [0, 0.1) is 0 Å². The number of hydrogen-bond donors (Lipinski definition) is 1. The van der Waals surface area contributed by atoms with Crippen LogP contribution in [0.15, 0.2) is 10.7 Å². The van der Waals surface area contributed by atoms with Crippen molar-refractivity contribution >= 4 is 21.7 Å². The van der Waals surface area contributed by atoms with Crippen molar-refractivity contribution in [3.05, 3.63) is 16.5 Å². The first-order valence-corrected chi connectivity index (χ1v) is 7.36. The number of halogens is 1. The summed E-state index contributed by atoms with van der Waals surface area (Å²) in [7, 11) is 0. The first-order chi connectivity index (χ1) is 8.56. The highest BCUT2D eigenvalue weighted by Crippen LogP contribution is 2.17. The Morgan fingerprint density at radius 2 is 1.94 bits per heavy atom. The Hall–Kier alpha value is -0.680. The molecule has 18 heavy (non-hydrogen) atoms. The van der Waals surface area contributed by atoms with Crippen molar-refractivity contribution in [2.45, 2.75) is 33.6 Å². The van der Waals surface area contributed by atoms with E-state index in [4.69, 9.17) is 0 Å². The standard InChI is InChI=1S/C13H23BrN4/c1-5-18(6-2)8-7-15-12-9-11(14)16-13(17-12)10(3)4/h9-10H,5-8H2,1-4H3,(H,15,16,17). The molecule has 5 heteroatoms. The second kappa shape index (κ2) is 7.69. The van der Waals surface area contributed by atoms with Crippen molar-refractivity contribution in [2.24, 2.45) is 0 Å². The lowest BCUT2D eigenvalue weighted by Crippen LogP contribution is -2.28. The van der Waals surface area contributed by atoms with Crippen LogP contribution in [0.4, 0.5) is 5.82 Å². The third-order valence-electron chi connectivity index (χ3n) is 2.86. The minimum atomic E-state index is 0.339. The fourth-order valence-electron chi connectivity index (χ4n) is 1.67. The number of likely N-dealkylation sites (N-methyl/N-ethyl adjacent to an activating group) is 1. The maximum absolute atomic E-state index is 4.51. The molecule has 1 heterocycles. The molecule has 0 saturated carbocycles. The van der Waals surface area contributed by atoms with Crippen molar-refractivity contribution in [3.63, 3.8) is 0 Å². The second-order valence-corrected chi connectivity index (χ2v) is 5.35. The lowest BCUT2D eigenvalue weighted by atomic mass is 10.2. The van der Waals surface area contributed by atoms with Crippen LogP contribution < -0.4 is 5.32 Å². The molecular weight excluding hydrogens is 292 g/mol. The Balaban J connectivity index is 2.56. The van der Waals surface area contributed by atoms with Crippen LogP contribution in [0.5, 0.6) is 0 Å². The summed E-state index contributed by atoms with van der Waals surface area (Å²) in [6, 6.07) is 1.92. The summed E-state index contributed by atoms with van der Waals surface area (Å²) in [5.74, 6) is 2.10.